The number of hydrogen-bond acceptors (Lipinski definition) is 4. The van der Waals surface area contributed by atoms with Gasteiger partial charge in [0.15, 0.2) is 5.76 Å². The Labute approximate surface area is 205 Å². The van der Waals surface area contributed by atoms with Crippen LogP contribution in [0.25, 0.3) is 0 Å². The summed E-state index contributed by atoms with van der Waals surface area (Å²) in [5.41, 5.74) is 1.93. The second kappa shape index (κ2) is 8.63. The maximum Gasteiger partial charge on any atom is 0.289 e. The Morgan fingerprint density at radius 2 is 1.68 bits per heavy atom. The van der Waals surface area contributed by atoms with Gasteiger partial charge in [0.2, 0.25) is 5.91 Å². The molecule has 2 amide bonds. The zero-order valence-corrected chi connectivity index (χ0v) is 20.2. The van der Waals surface area contributed by atoms with Crippen molar-refractivity contribution < 1.29 is 14.0 Å². The molecule has 7 rings (SSSR count). The van der Waals surface area contributed by atoms with E-state index in [9.17, 15) is 9.59 Å². The molecule has 4 saturated carbocycles. The normalized spacial score (nSPS) is 30.0. The molecule has 180 valence electrons. The van der Waals surface area contributed by atoms with Gasteiger partial charge < -0.3 is 19.5 Å². The van der Waals surface area contributed by atoms with Crippen LogP contribution in [0, 0.1) is 23.2 Å². The number of rotatable bonds is 5. The van der Waals surface area contributed by atoms with E-state index in [1.807, 2.05) is 23.1 Å². The highest BCUT2D eigenvalue weighted by Crippen LogP contribution is 2.61. The van der Waals surface area contributed by atoms with Crippen molar-refractivity contribution in [3.63, 3.8) is 0 Å². The Hall–Kier alpha value is -2.47. The van der Waals surface area contributed by atoms with Gasteiger partial charge in [0.05, 0.1) is 17.0 Å². The number of furan rings is 1. The van der Waals surface area contributed by atoms with E-state index in [0.29, 0.717) is 43.4 Å². The highest BCUT2D eigenvalue weighted by molar-refractivity contribution is 6.33. The van der Waals surface area contributed by atoms with E-state index >= 15 is 0 Å². The summed E-state index contributed by atoms with van der Waals surface area (Å²) in [5, 5.41) is 3.74. The van der Waals surface area contributed by atoms with Gasteiger partial charge in [0, 0.05) is 38.3 Å². The fraction of sp³-hybridized carbons (Fsp3) is 0.556. The van der Waals surface area contributed by atoms with Gasteiger partial charge >= 0.3 is 0 Å². The third-order valence-corrected chi connectivity index (χ3v) is 8.87. The maximum absolute atomic E-state index is 13.0. The van der Waals surface area contributed by atoms with Gasteiger partial charge in [-0.2, -0.15) is 0 Å². The maximum atomic E-state index is 13.0. The van der Waals surface area contributed by atoms with Gasteiger partial charge in [-0.1, -0.05) is 11.6 Å². The third kappa shape index (κ3) is 4.21. The molecule has 2 aromatic rings. The molecule has 0 unspecified atom stereocenters. The summed E-state index contributed by atoms with van der Waals surface area (Å²) in [7, 11) is 0. The minimum Gasteiger partial charge on any atom is -0.459 e. The Bertz CT molecular complexity index is 1040. The third-order valence-electron chi connectivity index (χ3n) is 8.57. The fourth-order valence-electron chi connectivity index (χ4n) is 7.60. The van der Waals surface area contributed by atoms with Crippen molar-refractivity contribution in [2.45, 2.75) is 44.9 Å². The molecular formula is C27H32ClN3O3. The average Bonchev–Trinajstić information content (AvgIpc) is 3.32. The molecule has 1 aromatic heterocycles. The summed E-state index contributed by atoms with van der Waals surface area (Å²) in [6.07, 6.45) is 10.0. The van der Waals surface area contributed by atoms with Crippen LogP contribution in [0.1, 0.15) is 55.5 Å². The summed E-state index contributed by atoms with van der Waals surface area (Å²) >= 11 is 6.64. The topological polar surface area (TPSA) is 65.8 Å². The van der Waals surface area contributed by atoms with Crippen molar-refractivity contribution in [3.05, 3.63) is 47.4 Å². The fourth-order valence-corrected chi connectivity index (χ4v) is 7.90. The Morgan fingerprint density at radius 3 is 2.26 bits per heavy atom. The van der Waals surface area contributed by atoms with E-state index in [4.69, 9.17) is 16.0 Å². The number of nitrogens with one attached hydrogen (secondary N) is 1. The quantitative estimate of drug-likeness (QED) is 0.617. The minimum atomic E-state index is -0.0761. The zero-order valence-electron chi connectivity index (χ0n) is 19.5. The standard InChI is InChI=1S/C27H32ClN3O3/c28-22-13-21(29-25(32)17-27-14-18-10-19(15-27)12-20(11-18)16-27)3-4-23(22)30-5-7-31(8-6-30)26(33)24-2-1-9-34-24/h1-4,9,13,18-20H,5-8,10-12,14-17H2,(H,29,32). The predicted molar refractivity (Wildman–Crippen MR) is 132 cm³/mol. The summed E-state index contributed by atoms with van der Waals surface area (Å²) < 4.78 is 5.24. The molecule has 5 aliphatic rings. The Kier molecular flexibility index (Phi) is 5.59. The van der Waals surface area contributed by atoms with Crippen molar-refractivity contribution >= 4 is 34.8 Å². The van der Waals surface area contributed by atoms with E-state index < -0.39 is 0 Å². The van der Waals surface area contributed by atoms with Crippen molar-refractivity contribution in [1.82, 2.24) is 4.90 Å². The molecule has 1 aliphatic heterocycles. The van der Waals surface area contributed by atoms with Gasteiger partial charge in [-0.05, 0) is 92.0 Å². The molecule has 7 heteroatoms. The van der Waals surface area contributed by atoms with Crippen molar-refractivity contribution in [1.29, 1.82) is 0 Å². The summed E-state index contributed by atoms with van der Waals surface area (Å²) in [6.45, 7) is 2.62. The Morgan fingerprint density at radius 1 is 1.00 bits per heavy atom. The van der Waals surface area contributed by atoms with Crippen LogP contribution in [0.15, 0.2) is 41.0 Å². The second-order valence-electron chi connectivity index (χ2n) is 11.1. The van der Waals surface area contributed by atoms with Gasteiger partial charge in [0.25, 0.3) is 5.91 Å². The molecule has 1 saturated heterocycles. The minimum absolute atomic E-state index is 0.0761. The summed E-state index contributed by atoms with van der Waals surface area (Å²) in [6, 6.07) is 9.20. The first-order valence-electron chi connectivity index (χ1n) is 12.6. The molecule has 4 bridgehead atoms. The first-order chi connectivity index (χ1) is 16.5. The van der Waals surface area contributed by atoms with Crippen LogP contribution < -0.4 is 10.2 Å². The number of hydrogen-bond donors (Lipinski definition) is 1. The number of piperazine rings is 1. The van der Waals surface area contributed by atoms with Gasteiger partial charge in [-0.15, -0.1) is 0 Å². The molecule has 0 radical (unpaired) electrons. The molecular weight excluding hydrogens is 450 g/mol. The SMILES string of the molecule is O=C(CC12CC3CC(CC(C3)C1)C2)Nc1ccc(N2CCN(C(=O)c3ccco3)CC2)c(Cl)c1. The summed E-state index contributed by atoms with van der Waals surface area (Å²) in [5.74, 6) is 2.97. The van der Waals surface area contributed by atoms with Gasteiger partial charge in [-0.25, -0.2) is 0 Å². The van der Waals surface area contributed by atoms with Crippen molar-refractivity contribution in [3.8, 4) is 0 Å². The lowest BCUT2D eigenvalue weighted by atomic mass is 9.49. The average molecular weight is 482 g/mol. The van der Waals surface area contributed by atoms with E-state index in [0.717, 1.165) is 29.1 Å². The van der Waals surface area contributed by atoms with Crippen molar-refractivity contribution in [2.24, 2.45) is 23.2 Å². The molecule has 34 heavy (non-hydrogen) atoms. The van der Waals surface area contributed by atoms with Crippen LogP contribution >= 0.6 is 11.6 Å². The van der Waals surface area contributed by atoms with Crippen molar-refractivity contribution in [2.75, 3.05) is 36.4 Å². The van der Waals surface area contributed by atoms with Crippen LogP contribution in [0.5, 0.6) is 0 Å². The van der Waals surface area contributed by atoms with Crippen LogP contribution in [-0.2, 0) is 4.79 Å². The smallest absolute Gasteiger partial charge is 0.289 e. The first-order valence-corrected chi connectivity index (χ1v) is 13.0. The molecule has 4 aliphatic carbocycles. The molecule has 5 fully saturated rings. The van der Waals surface area contributed by atoms with Crippen LogP contribution in [-0.4, -0.2) is 42.9 Å². The number of amides is 2. The molecule has 0 atom stereocenters. The van der Waals surface area contributed by atoms with E-state index in [1.165, 1.54) is 44.8 Å². The Balaban J connectivity index is 1.05. The second-order valence-corrected chi connectivity index (χ2v) is 11.5. The van der Waals surface area contributed by atoms with E-state index in [1.54, 1.807) is 12.1 Å². The van der Waals surface area contributed by atoms with E-state index in [2.05, 4.69) is 10.2 Å². The highest BCUT2D eigenvalue weighted by atomic mass is 35.5. The lowest BCUT2D eigenvalue weighted by molar-refractivity contribution is -0.124. The number of halogens is 1. The molecule has 0 spiro atoms. The lowest BCUT2D eigenvalue weighted by Gasteiger charge is -2.56. The van der Waals surface area contributed by atoms with Crippen LogP contribution in [0.2, 0.25) is 5.02 Å². The van der Waals surface area contributed by atoms with Gasteiger partial charge in [-0.3, -0.25) is 9.59 Å². The molecule has 1 N–H and O–H groups in total. The number of carbonyl (C=O) groups excluding carboxylic acids is 2. The van der Waals surface area contributed by atoms with E-state index in [-0.39, 0.29) is 17.2 Å². The molecule has 2 heterocycles. The summed E-state index contributed by atoms with van der Waals surface area (Å²) in [4.78, 5) is 29.5. The predicted octanol–water partition coefficient (Wildman–Crippen LogP) is 5.44. The molecule has 1 aromatic carbocycles. The lowest BCUT2D eigenvalue weighted by Crippen LogP contribution is -2.48. The number of anilines is 2. The monoisotopic (exact) mass is 481 g/mol. The molecule has 6 nitrogen and oxygen atoms in total. The largest absolute Gasteiger partial charge is 0.459 e. The first kappa shape index (κ1) is 22.0. The van der Waals surface area contributed by atoms with Crippen LogP contribution in [0.4, 0.5) is 11.4 Å². The number of benzene rings is 1. The number of carbonyl (C=O) groups is 2. The highest BCUT2D eigenvalue weighted by Gasteiger charge is 2.51. The van der Waals surface area contributed by atoms with Crippen LogP contribution in [0.3, 0.4) is 0 Å². The zero-order chi connectivity index (χ0) is 23.3. The number of nitrogens with zero attached hydrogens (tertiary/aromatic N) is 2. The van der Waals surface area contributed by atoms with Gasteiger partial charge in [0.1, 0.15) is 0 Å².